The second-order valence-corrected chi connectivity index (χ2v) is 6.34. The molecule has 0 radical (unpaired) electrons. The normalized spacial score (nSPS) is 18.1. The largest absolute Gasteiger partial charge is 0.310 e. The lowest BCUT2D eigenvalue weighted by atomic mass is 10.0. The third-order valence-corrected chi connectivity index (χ3v) is 3.93. The van der Waals surface area contributed by atoms with E-state index in [-0.39, 0.29) is 0 Å². The van der Waals surface area contributed by atoms with Crippen LogP contribution >= 0.6 is 0 Å². The Morgan fingerprint density at radius 3 is 2.37 bits per heavy atom. The second kappa shape index (κ2) is 7.06. The highest BCUT2D eigenvalue weighted by molar-refractivity contribution is 5.21. The summed E-state index contributed by atoms with van der Waals surface area (Å²) in [5.41, 5.74) is 2.74. The molecule has 1 aliphatic heterocycles. The summed E-state index contributed by atoms with van der Waals surface area (Å²) in [6.45, 7) is 11.5. The molecule has 1 aromatic carbocycles. The van der Waals surface area contributed by atoms with Gasteiger partial charge in [-0.25, -0.2) is 0 Å². The van der Waals surface area contributed by atoms with Gasteiger partial charge in [-0.2, -0.15) is 0 Å². The molecule has 2 rings (SSSR count). The predicted octanol–water partition coefficient (Wildman–Crippen LogP) is 3.21. The first-order chi connectivity index (χ1) is 9.13. The van der Waals surface area contributed by atoms with Crippen LogP contribution in [-0.4, -0.2) is 30.6 Å². The fourth-order valence-corrected chi connectivity index (χ4v) is 2.80. The first-order valence-electron chi connectivity index (χ1n) is 7.65. The van der Waals surface area contributed by atoms with E-state index in [9.17, 15) is 0 Å². The molecule has 0 aromatic heterocycles. The van der Waals surface area contributed by atoms with Gasteiger partial charge in [-0.05, 0) is 44.3 Å². The SMILES string of the molecule is Cc1ccc(CNC2CCN(CC(C)C)CC2)cc1. The van der Waals surface area contributed by atoms with Gasteiger partial charge in [0.1, 0.15) is 0 Å². The van der Waals surface area contributed by atoms with Gasteiger partial charge in [0.15, 0.2) is 0 Å². The van der Waals surface area contributed by atoms with Crippen LogP contribution in [0, 0.1) is 12.8 Å². The summed E-state index contributed by atoms with van der Waals surface area (Å²) in [6.07, 6.45) is 2.58. The van der Waals surface area contributed by atoms with E-state index in [4.69, 9.17) is 0 Å². The van der Waals surface area contributed by atoms with E-state index in [2.05, 4.69) is 55.3 Å². The number of likely N-dealkylation sites (tertiary alicyclic amines) is 1. The van der Waals surface area contributed by atoms with Gasteiger partial charge < -0.3 is 10.2 Å². The molecule has 0 aliphatic carbocycles. The van der Waals surface area contributed by atoms with E-state index in [0.717, 1.165) is 12.5 Å². The first-order valence-corrected chi connectivity index (χ1v) is 7.65. The Morgan fingerprint density at radius 1 is 1.16 bits per heavy atom. The fraction of sp³-hybridized carbons (Fsp3) is 0.647. The lowest BCUT2D eigenvalue weighted by Crippen LogP contribution is -2.43. The molecule has 0 saturated carbocycles. The summed E-state index contributed by atoms with van der Waals surface area (Å²) in [6, 6.07) is 9.56. The summed E-state index contributed by atoms with van der Waals surface area (Å²) in [4.78, 5) is 2.61. The van der Waals surface area contributed by atoms with Crippen molar-refractivity contribution in [2.45, 2.75) is 46.2 Å². The van der Waals surface area contributed by atoms with Crippen molar-refractivity contribution in [1.29, 1.82) is 0 Å². The minimum atomic E-state index is 0.699. The van der Waals surface area contributed by atoms with Crippen molar-refractivity contribution in [2.24, 2.45) is 5.92 Å². The van der Waals surface area contributed by atoms with Crippen LogP contribution in [0.2, 0.25) is 0 Å². The minimum absolute atomic E-state index is 0.699. The van der Waals surface area contributed by atoms with Crippen molar-refractivity contribution in [1.82, 2.24) is 10.2 Å². The Hall–Kier alpha value is -0.860. The molecule has 2 heteroatoms. The quantitative estimate of drug-likeness (QED) is 0.874. The van der Waals surface area contributed by atoms with Crippen LogP contribution in [0.4, 0.5) is 0 Å². The minimum Gasteiger partial charge on any atom is -0.310 e. The Bertz CT molecular complexity index is 361. The molecule has 2 nitrogen and oxygen atoms in total. The molecular formula is C17H28N2. The van der Waals surface area contributed by atoms with Crippen molar-refractivity contribution in [3.05, 3.63) is 35.4 Å². The number of nitrogens with zero attached hydrogens (tertiary/aromatic N) is 1. The maximum absolute atomic E-state index is 3.70. The highest BCUT2D eigenvalue weighted by Gasteiger charge is 2.18. The van der Waals surface area contributed by atoms with Gasteiger partial charge in [0.05, 0.1) is 0 Å². The zero-order chi connectivity index (χ0) is 13.7. The number of hydrogen-bond acceptors (Lipinski definition) is 2. The average molecular weight is 260 g/mol. The van der Waals surface area contributed by atoms with Gasteiger partial charge in [0, 0.05) is 19.1 Å². The third kappa shape index (κ3) is 4.96. The average Bonchev–Trinajstić information content (AvgIpc) is 2.39. The Balaban J connectivity index is 1.69. The number of aryl methyl sites for hydroxylation is 1. The molecule has 1 aliphatic rings. The molecule has 1 aromatic rings. The molecule has 1 saturated heterocycles. The smallest absolute Gasteiger partial charge is 0.0208 e. The standard InChI is InChI=1S/C17H28N2/c1-14(2)13-19-10-8-17(9-11-19)18-12-16-6-4-15(3)5-7-16/h4-7,14,17-18H,8-13H2,1-3H3. The lowest BCUT2D eigenvalue weighted by molar-refractivity contribution is 0.179. The molecule has 1 fully saturated rings. The Morgan fingerprint density at radius 2 is 1.79 bits per heavy atom. The van der Waals surface area contributed by atoms with E-state index in [1.807, 2.05) is 0 Å². The van der Waals surface area contributed by atoms with Crippen LogP contribution in [0.1, 0.15) is 37.8 Å². The second-order valence-electron chi connectivity index (χ2n) is 6.34. The molecule has 1 heterocycles. The molecule has 0 unspecified atom stereocenters. The van der Waals surface area contributed by atoms with Crippen molar-refractivity contribution in [3.63, 3.8) is 0 Å². The van der Waals surface area contributed by atoms with Crippen LogP contribution < -0.4 is 5.32 Å². The van der Waals surface area contributed by atoms with Crippen LogP contribution in [0.25, 0.3) is 0 Å². The monoisotopic (exact) mass is 260 g/mol. The van der Waals surface area contributed by atoms with Gasteiger partial charge in [0.2, 0.25) is 0 Å². The number of hydrogen-bond donors (Lipinski definition) is 1. The zero-order valence-electron chi connectivity index (χ0n) is 12.7. The molecule has 0 bridgehead atoms. The molecule has 0 spiro atoms. The van der Waals surface area contributed by atoms with Crippen LogP contribution in [0.5, 0.6) is 0 Å². The van der Waals surface area contributed by atoms with E-state index in [0.29, 0.717) is 6.04 Å². The molecular weight excluding hydrogens is 232 g/mol. The van der Waals surface area contributed by atoms with Gasteiger partial charge >= 0.3 is 0 Å². The van der Waals surface area contributed by atoms with Crippen LogP contribution in [-0.2, 0) is 6.54 Å². The van der Waals surface area contributed by atoms with Crippen molar-refractivity contribution in [2.75, 3.05) is 19.6 Å². The van der Waals surface area contributed by atoms with E-state index in [1.54, 1.807) is 0 Å². The lowest BCUT2D eigenvalue weighted by Gasteiger charge is -2.33. The van der Waals surface area contributed by atoms with E-state index < -0.39 is 0 Å². The van der Waals surface area contributed by atoms with Gasteiger partial charge in [-0.3, -0.25) is 0 Å². The summed E-state index contributed by atoms with van der Waals surface area (Å²) in [5.74, 6) is 0.789. The van der Waals surface area contributed by atoms with Crippen molar-refractivity contribution < 1.29 is 0 Å². The van der Waals surface area contributed by atoms with Crippen LogP contribution in [0.3, 0.4) is 0 Å². The molecule has 1 N–H and O–H groups in total. The van der Waals surface area contributed by atoms with Gasteiger partial charge in [-0.1, -0.05) is 43.7 Å². The van der Waals surface area contributed by atoms with E-state index >= 15 is 0 Å². The Labute approximate surface area is 118 Å². The maximum atomic E-state index is 3.70. The summed E-state index contributed by atoms with van der Waals surface area (Å²) in [7, 11) is 0. The number of rotatable bonds is 5. The summed E-state index contributed by atoms with van der Waals surface area (Å²) < 4.78 is 0. The number of benzene rings is 1. The molecule has 0 atom stereocenters. The van der Waals surface area contributed by atoms with E-state index in [1.165, 1.54) is 43.6 Å². The first kappa shape index (κ1) is 14.5. The topological polar surface area (TPSA) is 15.3 Å². The predicted molar refractivity (Wildman–Crippen MR) is 82.3 cm³/mol. The maximum Gasteiger partial charge on any atom is 0.0208 e. The zero-order valence-corrected chi connectivity index (χ0v) is 12.7. The fourth-order valence-electron chi connectivity index (χ4n) is 2.80. The molecule has 19 heavy (non-hydrogen) atoms. The molecule has 0 amide bonds. The number of piperidine rings is 1. The van der Waals surface area contributed by atoms with Crippen molar-refractivity contribution in [3.8, 4) is 0 Å². The number of nitrogens with one attached hydrogen (secondary N) is 1. The summed E-state index contributed by atoms with van der Waals surface area (Å²) >= 11 is 0. The highest BCUT2D eigenvalue weighted by Crippen LogP contribution is 2.13. The van der Waals surface area contributed by atoms with Crippen LogP contribution in [0.15, 0.2) is 24.3 Å². The van der Waals surface area contributed by atoms with Gasteiger partial charge in [0.25, 0.3) is 0 Å². The summed E-state index contributed by atoms with van der Waals surface area (Å²) in [5, 5.41) is 3.70. The highest BCUT2D eigenvalue weighted by atomic mass is 15.1. The Kier molecular flexibility index (Phi) is 5.41. The van der Waals surface area contributed by atoms with Gasteiger partial charge in [-0.15, -0.1) is 0 Å². The molecule has 106 valence electrons. The van der Waals surface area contributed by atoms with Crippen molar-refractivity contribution >= 4 is 0 Å². The third-order valence-electron chi connectivity index (χ3n) is 3.93.